The van der Waals surface area contributed by atoms with E-state index in [9.17, 15) is 4.39 Å². The number of alkyl halides is 1. The Morgan fingerprint density at radius 3 is 3.09 bits per heavy atom. The molecule has 1 aromatic heterocycles. The maximum atomic E-state index is 12.8. The van der Waals surface area contributed by atoms with Crippen LogP contribution in [0.15, 0.2) is 6.20 Å². The molecule has 0 aliphatic heterocycles. The molecule has 1 heterocycles. The highest BCUT2D eigenvalue weighted by atomic mass is 32.1. The number of halogens is 1. The lowest BCUT2D eigenvalue weighted by atomic mass is 10.2. The SMILES string of the molecule is NCCC(F)Cc1cnsn1. The Balaban J connectivity index is 2.31. The highest BCUT2D eigenvalue weighted by molar-refractivity contribution is 6.99. The molecule has 3 nitrogen and oxygen atoms in total. The maximum Gasteiger partial charge on any atom is 0.107 e. The van der Waals surface area contributed by atoms with Crippen LogP contribution in [0.4, 0.5) is 4.39 Å². The van der Waals surface area contributed by atoms with Crippen LogP contribution in [-0.4, -0.2) is 21.5 Å². The Labute approximate surface area is 68.8 Å². The highest BCUT2D eigenvalue weighted by Gasteiger charge is 2.07. The minimum Gasteiger partial charge on any atom is -0.330 e. The summed E-state index contributed by atoms with van der Waals surface area (Å²) in [7, 11) is 0. The molecule has 1 aromatic rings. The molecule has 0 bridgehead atoms. The van der Waals surface area contributed by atoms with Crippen molar-refractivity contribution in [2.75, 3.05) is 6.54 Å². The van der Waals surface area contributed by atoms with Gasteiger partial charge in [-0.3, -0.25) is 0 Å². The molecule has 0 aliphatic rings. The largest absolute Gasteiger partial charge is 0.330 e. The number of hydrogen-bond donors (Lipinski definition) is 1. The molecule has 1 rings (SSSR count). The Hall–Kier alpha value is -0.550. The van der Waals surface area contributed by atoms with Crippen molar-refractivity contribution in [1.29, 1.82) is 0 Å². The molecule has 1 atom stereocenters. The standard InChI is InChI=1S/C6H10FN3S/c7-5(1-2-8)3-6-4-9-11-10-6/h4-5H,1-3,8H2. The number of hydrogen-bond acceptors (Lipinski definition) is 4. The van der Waals surface area contributed by atoms with Crippen LogP contribution in [0.25, 0.3) is 0 Å². The molecule has 2 N–H and O–H groups in total. The summed E-state index contributed by atoms with van der Waals surface area (Å²) in [4.78, 5) is 0. The lowest BCUT2D eigenvalue weighted by Gasteiger charge is -2.01. The van der Waals surface area contributed by atoms with Crippen LogP contribution in [0, 0.1) is 0 Å². The summed E-state index contributed by atoms with van der Waals surface area (Å²) < 4.78 is 20.5. The summed E-state index contributed by atoms with van der Waals surface area (Å²) in [5, 5.41) is 0. The van der Waals surface area contributed by atoms with Gasteiger partial charge in [0, 0.05) is 6.42 Å². The van der Waals surface area contributed by atoms with Crippen molar-refractivity contribution in [3.63, 3.8) is 0 Å². The molecule has 0 amide bonds. The van der Waals surface area contributed by atoms with Crippen LogP contribution in [-0.2, 0) is 6.42 Å². The van der Waals surface area contributed by atoms with Gasteiger partial charge in [0.1, 0.15) is 6.17 Å². The second kappa shape index (κ2) is 4.35. The third-order valence-corrected chi connectivity index (χ3v) is 1.83. The molecule has 0 saturated carbocycles. The first kappa shape index (κ1) is 8.55. The first-order valence-electron chi connectivity index (χ1n) is 3.43. The van der Waals surface area contributed by atoms with E-state index in [-0.39, 0.29) is 0 Å². The number of nitrogens with two attached hydrogens (primary N) is 1. The van der Waals surface area contributed by atoms with E-state index in [0.717, 1.165) is 17.4 Å². The molecule has 0 spiro atoms. The van der Waals surface area contributed by atoms with Crippen LogP contribution >= 0.6 is 11.7 Å². The van der Waals surface area contributed by atoms with Gasteiger partial charge in [-0.05, 0) is 13.0 Å². The minimum atomic E-state index is -0.871. The van der Waals surface area contributed by atoms with Gasteiger partial charge in [0.25, 0.3) is 0 Å². The third kappa shape index (κ3) is 2.90. The average Bonchev–Trinajstić information content (AvgIpc) is 2.40. The van der Waals surface area contributed by atoms with Gasteiger partial charge in [-0.25, -0.2) is 4.39 Å². The van der Waals surface area contributed by atoms with E-state index in [0.29, 0.717) is 19.4 Å². The monoisotopic (exact) mass is 175 g/mol. The Kier molecular flexibility index (Phi) is 3.38. The Morgan fingerprint density at radius 1 is 1.73 bits per heavy atom. The van der Waals surface area contributed by atoms with Crippen LogP contribution < -0.4 is 5.73 Å². The van der Waals surface area contributed by atoms with Crippen LogP contribution in [0.3, 0.4) is 0 Å². The van der Waals surface area contributed by atoms with Crippen molar-refractivity contribution >= 4 is 11.7 Å². The Morgan fingerprint density at radius 2 is 2.55 bits per heavy atom. The molecule has 11 heavy (non-hydrogen) atoms. The fourth-order valence-corrected chi connectivity index (χ4v) is 1.23. The van der Waals surface area contributed by atoms with E-state index in [1.54, 1.807) is 6.20 Å². The third-order valence-electron chi connectivity index (χ3n) is 1.32. The molecular weight excluding hydrogens is 165 g/mol. The zero-order valence-corrected chi connectivity index (χ0v) is 6.85. The molecule has 0 aromatic carbocycles. The van der Waals surface area contributed by atoms with Crippen molar-refractivity contribution < 1.29 is 4.39 Å². The fraction of sp³-hybridized carbons (Fsp3) is 0.667. The van der Waals surface area contributed by atoms with E-state index < -0.39 is 6.17 Å². The van der Waals surface area contributed by atoms with Crippen LogP contribution in [0.2, 0.25) is 0 Å². The lowest BCUT2D eigenvalue weighted by molar-refractivity contribution is 0.315. The topological polar surface area (TPSA) is 51.8 Å². The normalized spacial score (nSPS) is 13.3. The number of aromatic nitrogens is 2. The van der Waals surface area contributed by atoms with Crippen molar-refractivity contribution in [1.82, 2.24) is 8.75 Å². The smallest absolute Gasteiger partial charge is 0.107 e. The van der Waals surface area contributed by atoms with E-state index >= 15 is 0 Å². The molecule has 62 valence electrons. The van der Waals surface area contributed by atoms with Crippen molar-refractivity contribution in [2.24, 2.45) is 5.73 Å². The molecule has 5 heteroatoms. The minimum absolute atomic E-state index is 0.341. The molecule has 0 fully saturated rings. The van der Waals surface area contributed by atoms with Crippen molar-refractivity contribution in [2.45, 2.75) is 19.0 Å². The summed E-state index contributed by atoms with van der Waals surface area (Å²) in [5.74, 6) is 0. The summed E-state index contributed by atoms with van der Waals surface area (Å²) in [6, 6.07) is 0. The zero-order valence-electron chi connectivity index (χ0n) is 6.03. The van der Waals surface area contributed by atoms with E-state index in [4.69, 9.17) is 5.73 Å². The molecular formula is C6H10FN3S. The predicted octanol–water partition coefficient (Wildman–Crippen LogP) is 0.768. The molecule has 0 saturated heterocycles. The van der Waals surface area contributed by atoms with Gasteiger partial charge in [0.05, 0.1) is 23.6 Å². The van der Waals surface area contributed by atoms with E-state index in [1.165, 1.54) is 0 Å². The summed E-state index contributed by atoms with van der Waals surface area (Å²) in [6.07, 6.45) is 1.46. The second-order valence-electron chi connectivity index (χ2n) is 2.28. The maximum absolute atomic E-state index is 12.8. The Bertz CT molecular complexity index is 190. The van der Waals surface area contributed by atoms with Crippen LogP contribution in [0.1, 0.15) is 12.1 Å². The first-order valence-corrected chi connectivity index (χ1v) is 4.16. The fourth-order valence-electron chi connectivity index (χ4n) is 0.784. The van der Waals surface area contributed by atoms with Gasteiger partial charge in [0.2, 0.25) is 0 Å². The van der Waals surface area contributed by atoms with Gasteiger partial charge in [0.15, 0.2) is 0 Å². The number of rotatable bonds is 4. The van der Waals surface area contributed by atoms with Gasteiger partial charge in [-0.15, -0.1) is 0 Å². The summed E-state index contributed by atoms with van der Waals surface area (Å²) >= 11 is 1.10. The number of nitrogens with zero attached hydrogens (tertiary/aromatic N) is 2. The van der Waals surface area contributed by atoms with Gasteiger partial charge >= 0.3 is 0 Å². The molecule has 0 aliphatic carbocycles. The lowest BCUT2D eigenvalue weighted by Crippen LogP contribution is -2.11. The predicted molar refractivity (Wildman–Crippen MR) is 42.2 cm³/mol. The second-order valence-corrected chi connectivity index (χ2v) is 2.83. The summed E-state index contributed by atoms with van der Waals surface area (Å²) in [5.41, 5.74) is 5.90. The van der Waals surface area contributed by atoms with Crippen LogP contribution in [0.5, 0.6) is 0 Å². The molecule has 1 unspecified atom stereocenters. The first-order chi connectivity index (χ1) is 5.33. The van der Waals surface area contributed by atoms with Gasteiger partial charge < -0.3 is 5.73 Å². The van der Waals surface area contributed by atoms with Crippen molar-refractivity contribution in [3.05, 3.63) is 11.9 Å². The van der Waals surface area contributed by atoms with Crippen molar-refractivity contribution in [3.8, 4) is 0 Å². The quantitative estimate of drug-likeness (QED) is 0.735. The highest BCUT2D eigenvalue weighted by Crippen LogP contribution is 2.05. The average molecular weight is 175 g/mol. The van der Waals surface area contributed by atoms with Gasteiger partial charge in [-0.2, -0.15) is 8.75 Å². The zero-order chi connectivity index (χ0) is 8.10. The molecule has 0 radical (unpaired) electrons. The van der Waals surface area contributed by atoms with E-state index in [2.05, 4.69) is 8.75 Å². The summed E-state index contributed by atoms with van der Waals surface area (Å²) in [6.45, 7) is 0.388. The van der Waals surface area contributed by atoms with E-state index in [1.807, 2.05) is 0 Å². The van der Waals surface area contributed by atoms with Gasteiger partial charge in [-0.1, -0.05) is 0 Å².